The SMILES string of the molecule is CC[C@H](C)C(/C=C(\N)c1c(F)cccc1F)=C(/N)C(C)c1cc(Cl)nc(Cl)c1. The van der Waals surface area contributed by atoms with Gasteiger partial charge in [0.15, 0.2) is 0 Å². The second-order valence-corrected chi connectivity index (χ2v) is 7.46. The van der Waals surface area contributed by atoms with Crippen LogP contribution in [0.1, 0.15) is 44.2 Å². The predicted octanol–water partition coefficient (Wildman–Crippen LogP) is 6.03. The molecule has 0 amide bonds. The summed E-state index contributed by atoms with van der Waals surface area (Å²) in [6, 6.07) is 6.99. The van der Waals surface area contributed by atoms with Gasteiger partial charge >= 0.3 is 0 Å². The Balaban J connectivity index is 2.58. The van der Waals surface area contributed by atoms with E-state index in [9.17, 15) is 8.78 Å². The van der Waals surface area contributed by atoms with Crippen LogP contribution < -0.4 is 11.5 Å². The smallest absolute Gasteiger partial charge is 0.135 e. The fraction of sp³-hybridized carbons (Fsp3) is 0.286. The Morgan fingerprint density at radius 2 is 1.64 bits per heavy atom. The maximum atomic E-state index is 14.1. The first-order valence-corrected chi connectivity index (χ1v) is 9.65. The van der Waals surface area contributed by atoms with E-state index in [1.54, 1.807) is 18.2 Å². The summed E-state index contributed by atoms with van der Waals surface area (Å²) < 4.78 is 28.2. The van der Waals surface area contributed by atoms with Crippen molar-refractivity contribution in [3.05, 3.63) is 80.7 Å². The van der Waals surface area contributed by atoms with E-state index in [-0.39, 0.29) is 33.4 Å². The number of nitrogens with two attached hydrogens (primary N) is 2. The summed E-state index contributed by atoms with van der Waals surface area (Å²) in [4.78, 5) is 3.94. The van der Waals surface area contributed by atoms with Gasteiger partial charge in [-0.1, -0.05) is 50.0 Å². The molecule has 4 N–H and O–H groups in total. The third-order valence-electron chi connectivity index (χ3n) is 4.79. The highest BCUT2D eigenvalue weighted by molar-refractivity contribution is 6.32. The van der Waals surface area contributed by atoms with Crippen LogP contribution in [-0.2, 0) is 0 Å². The summed E-state index contributed by atoms with van der Waals surface area (Å²) in [5.74, 6) is -1.69. The number of rotatable bonds is 6. The summed E-state index contributed by atoms with van der Waals surface area (Å²) in [7, 11) is 0. The van der Waals surface area contributed by atoms with Gasteiger partial charge in [0, 0.05) is 17.3 Å². The molecule has 2 aromatic rings. The van der Waals surface area contributed by atoms with Crippen LogP contribution in [0.15, 0.2) is 47.7 Å². The molecule has 0 saturated carbocycles. The van der Waals surface area contributed by atoms with Crippen molar-refractivity contribution in [3.8, 4) is 0 Å². The number of pyridine rings is 1. The Morgan fingerprint density at radius 3 is 2.14 bits per heavy atom. The van der Waals surface area contributed by atoms with Crippen LogP contribution in [-0.4, -0.2) is 4.98 Å². The third-order valence-corrected chi connectivity index (χ3v) is 5.18. The minimum atomic E-state index is -0.725. The van der Waals surface area contributed by atoms with E-state index in [2.05, 4.69) is 4.98 Å². The number of aromatic nitrogens is 1. The third kappa shape index (κ3) is 5.03. The average Bonchev–Trinajstić information content (AvgIpc) is 2.63. The Bertz CT molecular complexity index is 885. The molecule has 150 valence electrons. The standard InChI is InChI=1S/C21H23Cl2F2N3/c1-4-11(2)14(10-17(26)20-15(24)6-5-7-16(20)25)21(27)12(3)13-8-18(22)28-19(23)9-13/h5-12H,4,26-27H2,1-3H3/b17-10-,21-14+/t11-,12?/m0/s1. The average molecular weight is 426 g/mol. The topological polar surface area (TPSA) is 64.9 Å². The lowest BCUT2D eigenvalue weighted by Gasteiger charge is -2.21. The van der Waals surface area contributed by atoms with Gasteiger partial charge in [-0.05, 0) is 53.8 Å². The highest BCUT2D eigenvalue weighted by Gasteiger charge is 2.19. The van der Waals surface area contributed by atoms with Crippen molar-refractivity contribution >= 4 is 28.9 Å². The van der Waals surface area contributed by atoms with Crippen molar-refractivity contribution < 1.29 is 8.78 Å². The van der Waals surface area contributed by atoms with Crippen LogP contribution in [0.3, 0.4) is 0 Å². The van der Waals surface area contributed by atoms with Gasteiger partial charge in [-0.25, -0.2) is 13.8 Å². The molecule has 2 rings (SSSR count). The van der Waals surface area contributed by atoms with E-state index >= 15 is 0 Å². The quantitative estimate of drug-likeness (QED) is 0.438. The first-order chi connectivity index (χ1) is 13.1. The number of hydrogen-bond acceptors (Lipinski definition) is 3. The van der Waals surface area contributed by atoms with E-state index in [0.717, 1.165) is 12.0 Å². The van der Waals surface area contributed by atoms with Gasteiger partial charge in [-0.2, -0.15) is 0 Å². The molecule has 0 aliphatic rings. The number of nitrogens with zero attached hydrogens (tertiary/aromatic N) is 1. The van der Waals surface area contributed by atoms with Crippen LogP contribution in [0.2, 0.25) is 10.3 Å². The molecule has 1 aromatic heterocycles. The van der Waals surface area contributed by atoms with E-state index in [4.69, 9.17) is 34.7 Å². The molecule has 1 aromatic carbocycles. The molecule has 0 radical (unpaired) electrons. The first-order valence-electron chi connectivity index (χ1n) is 8.89. The highest BCUT2D eigenvalue weighted by Crippen LogP contribution is 2.31. The molecular formula is C21H23Cl2F2N3. The zero-order valence-corrected chi connectivity index (χ0v) is 17.5. The molecule has 0 aliphatic heterocycles. The van der Waals surface area contributed by atoms with Crippen molar-refractivity contribution in [1.82, 2.24) is 4.98 Å². The predicted molar refractivity (Wildman–Crippen MR) is 112 cm³/mol. The van der Waals surface area contributed by atoms with E-state index in [1.807, 2.05) is 20.8 Å². The molecule has 1 heterocycles. The lowest BCUT2D eigenvalue weighted by Crippen LogP contribution is -2.15. The van der Waals surface area contributed by atoms with Gasteiger partial charge < -0.3 is 11.5 Å². The summed E-state index contributed by atoms with van der Waals surface area (Å²) in [5.41, 5.74) is 14.2. The summed E-state index contributed by atoms with van der Waals surface area (Å²) in [6.07, 6.45) is 2.32. The van der Waals surface area contributed by atoms with E-state index in [0.29, 0.717) is 11.3 Å². The molecule has 0 bridgehead atoms. The molecule has 0 saturated heterocycles. The van der Waals surface area contributed by atoms with Gasteiger partial charge in [0.1, 0.15) is 21.9 Å². The van der Waals surface area contributed by atoms with Crippen LogP contribution in [0.5, 0.6) is 0 Å². The highest BCUT2D eigenvalue weighted by atomic mass is 35.5. The van der Waals surface area contributed by atoms with Crippen LogP contribution >= 0.6 is 23.2 Å². The lowest BCUT2D eigenvalue weighted by atomic mass is 9.88. The largest absolute Gasteiger partial charge is 0.401 e. The zero-order valence-electron chi connectivity index (χ0n) is 15.9. The van der Waals surface area contributed by atoms with Gasteiger partial charge in [0.25, 0.3) is 0 Å². The fourth-order valence-corrected chi connectivity index (χ4v) is 3.38. The summed E-state index contributed by atoms with van der Waals surface area (Å²) in [6.45, 7) is 5.87. The van der Waals surface area contributed by atoms with Gasteiger partial charge in [-0.3, -0.25) is 0 Å². The van der Waals surface area contributed by atoms with E-state index in [1.165, 1.54) is 18.2 Å². The fourth-order valence-electron chi connectivity index (χ4n) is 2.91. The maximum Gasteiger partial charge on any atom is 0.135 e. The second-order valence-electron chi connectivity index (χ2n) is 6.68. The molecule has 0 spiro atoms. The monoisotopic (exact) mass is 425 g/mol. The van der Waals surface area contributed by atoms with Crippen LogP contribution in [0.4, 0.5) is 8.78 Å². The van der Waals surface area contributed by atoms with Gasteiger partial charge in [0.05, 0.1) is 5.56 Å². The van der Waals surface area contributed by atoms with E-state index < -0.39 is 11.6 Å². The second kappa shape index (κ2) is 9.39. The molecule has 7 heteroatoms. The van der Waals surface area contributed by atoms with Crippen molar-refractivity contribution in [1.29, 1.82) is 0 Å². The van der Waals surface area contributed by atoms with Crippen molar-refractivity contribution in [3.63, 3.8) is 0 Å². The van der Waals surface area contributed by atoms with Crippen molar-refractivity contribution in [2.45, 2.75) is 33.1 Å². The summed E-state index contributed by atoms with van der Waals surface area (Å²) >= 11 is 12.0. The lowest BCUT2D eigenvalue weighted by molar-refractivity contribution is 0.576. The first kappa shape index (κ1) is 22.2. The Hall–Kier alpha value is -2.11. The molecule has 28 heavy (non-hydrogen) atoms. The number of halogens is 4. The van der Waals surface area contributed by atoms with Crippen LogP contribution in [0, 0.1) is 17.6 Å². The summed E-state index contributed by atoms with van der Waals surface area (Å²) in [5, 5.41) is 0.520. The minimum absolute atomic E-state index is 0.0172. The van der Waals surface area contributed by atoms with Crippen molar-refractivity contribution in [2.24, 2.45) is 17.4 Å². The number of hydrogen-bond donors (Lipinski definition) is 2. The molecule has 2 atom stereocenters. The van der Waals surface area contributed by atoms with Crippen LogP contribution in [0.25, 0.3) is 5.70 Å². The Kier molecular flexibility index (Phi) is 7.44. The van der Waals surface area contributed by atoms with Crippen molar-refractivity contribution in [2.75, 3.05) is 0 Å². The Labute approximate surface area is 174 Å². The van der Waals surface area contributed by atoms with Gasteiger partial charge in [0.2, 0.25) is 0 Å². The maximum absolute atomic E-state index is 14.1. The molecular weight excluding hydrogens is 403 g/mol. The molecule has 0 aliphatic carbocycles. The minimum Gasteiger partial charge on any atom is -0.401 e. The molecule has 1 unspecified atom stereocenters. The molecule has 3 nitrogen and oxygen atoms in total. The Morgan fingerprint density at radius 1 is 1.11 bits per heavy atom. The number of benzene rings is 1. The molecule has 0 fully saturated rings. The normalized spacial score (nSPS) is 15.2. The van der Waals surface area contributed by atoms with Gasteiger partial charge in [-0.15, -0.1) is 0 Å². The number of allylic oxidation sites excluding steroid dienone is 3. The zero-order chi connectivity index (χ0) is 21.0.